The molecule has 0 aliphatic heterocycles. The highest BCUT2D eigenvalue weighted by Crippen LogP contribution is 2.30. The lowest BCUT2D eigenvalue weighted by molar-refractivity contribution is 0.102. The normalized spacial score (nSPS) is 11.3. The molecule has 3 aromatic carbocycles. The lowest BCUT2D eigenvalue weighted by atomic mass is 10.2. The van der Waals surface area contributed by atoms with E-state index in [1.54, 1.807) is 31.4 Å². The fourth-order valence-electron chi connectivity index (χ4n) is 2.84. The minimum atomic E-state index is -4.01. The average molecular weight is 458 g/mol. The predicted molar refractivity (Wildman–Crippen MR) is 118 cm³/mol. The summed E-state index contributed by atoms with van der Waals surface area (Å²) in [7, 11) is -2.45. The van der Waals surface area contributed by atoms with Crippen molar-refractivity contribution in [3.63, 3.8) is 0 Å². The number of ether oxygens (including phenoxy) is 1. The number of methoxy groups -OCH3 is 1. The highest BCUT2D eigenvalue weighted by atomic mass is 32.2. The zero-order valence-corrected chi connectivity index (χ0v) is 17.8. The third kappa shape index (κ3) is 4.49. The average Bonchev–Trinajstić information content (AvgIpc) is 3.15. The van der Waals surface area contributed by atoms with E-state index in [0.717, 1.165) is 29.0 Å². The summed E-state index contributed by atoms with van der Waals surface area (Å²) in [6, 6.07) is 16.0. The molecule has 0 spiro atoms. The van der Waals surface area contributed by atoms with E-state index >= 15 is 0 Å². The van der Waals surface area contributed by atoms with Crippen LogP contribution >= 0.6 is 11.3 Å². The molecule has 0 atom stereocenters. The molecule has 1 amide bonds. The van der Waals surface area contributed by atoms with Gasteiger partial charge in [0.05, 0.1) is 33.5 Å². The van der Waals surface area contributed by atoms with E-state index in [1.165, 1.54) is 23.5 Å². The molecule has 0 saturated heterocycles. The van der Waals surface area contributed by atoms with Crippen molar-refractivity contribution in [1.29, 1.82) is 0 Å². The summed E-state index contributed by atoms with van der Waals surface area (Å²) in [5, 5.41) is 3.07. The summed E-state index contributed by atoms with van der Waals surface area (Å²) >= 11 is 1.27. The fourth-order valence-corrected chi connectivity index (χ4v) is 4.81. The zero-order valence-electron chi connectivity index (χ0n) is 16.1. The molecule has 158 valence electrons. The molecule has 0 radical (unpaired) electrons. The molecular weight excluding hydrogens is 441 g/mol. The van der Waals surface area contributed by atoms with Gasteiger partial charge in [0.15, 0.2) is 5.13 Å². The number of rotatable bonds is 6. The van der Waals surface area contributed by atoms with Gasteiger partial charge in [0.1, 0.15) is 11.6 Å². The van der Waals surface area contributed by atoms with E-state index in [-0.39, 0.29) is 16.1 Å². The van der Waals surface area contributed by atoms with Gasteiger partial charge in [-0.1, -0.05) is 23.5 Å². The van der Waals surface area contributed by atoms with Gasteiger partial charge in [-0.25, -0.2) is 17.8 Å². The summed E-state index contributed by atoms with van der Waals surface area (Å²) in [6.45, 7) is 0. The number of nitrogens with zero attached hydrogens (tertiary/aromatic N) is 1. The maximum Gasteiger partial charge on any atom is 0.261 e. The Morgan fingerprint density at radius 1 is 1.06 bits per heavy atom. The van der Waals surface area contributed by atoms with Gasteiger partial charge in [0.2, 0.25) is 0 Å². The second-order valence-electron chi connectivity index (χ2n) is 6.41. The molecule has 10 heteroatoms. The van der Waals surface area contributed by atoms with Crippen LogP contribution in [-0.4, -0.2) is 26.4 Å². The third-order valence-corrected chi connectivity index (χ3v) is 6.67. The van der Waals surface area contributed by atoms with E-state index < -0.39 is 21.7 Å². The maximum absolute atomic E-state index is 13.1. The molecule has 1 aromatic heterocycles. The molecular formula is C21H16FN3O4S2. The van der Waals surface area contributed by atoms with Crippen LogP contribution in [0.4, 0.5) is 15.2 Å². The summed E-state index contributed by atoms with van der Waals surface area (Å²) in [4.78, 5) is 17.1. The molecule has 1 heterocycles. The molecule has 2 N–H and O–H groups in total. The first-order chi connectivity index (χ1) is 14.9. The second-order valence-corrected chi connectivity index (χ2v) is 9.12. The number of benzene rings is 3. The second kappa shape index (κ2) is 8.32. The van der Waals surface area contributed by atoms with Crippen LogP contribution in [0, 0.1) is 5.82 Å². The first-order valence-electron chi connectivity index (χ1n) is 8.99. The molecule has 0 fully saturated rings. The van der Waals surface area contributed by atoms with Crippen molar-refractivity contribution in [2.24, 2.45) is 0 Å². The lowest BCUT2D eigenvalue weighted by Crippen LogP contribution is -2.18. The number of hydrogen-bond acceptors (Lipinski definition) is 6. The van der Waals surface area contributed by atoms with Crippen LogP contribution in [0.5, 0.6) is 5.75 Å². The quantitative estimate of drug-likeness (QED) is 0.444. The third-order valence-electron chi connectivity index (χ3n) is 4.36. The van der Waals surface area contributed by atoms with Crippen molar-refractivity contribution >= 4 is 48.3 Å². The summed E-state index contributed by atoms with van der Waals surface area (Å²) < 4.78 is 46.8. The Bertz CT molecular complexity index is 1370. The first kappa shape index (κ1) is 20.8. The van der Waals surface area contributed by atoms with Crippen molar-refractivity contribution in [3.8, 4) is 5.75 Å². The van der Waals surface area contributed by atoms with E-state index in [9.17, 15) is 17.6 Å². The van der Waals surface area contributed by atoms with Gasteiger partial charge in [-0.3, -0.25) is 14.8 Å². The van der Waals surface area contributed by atoms with Crippen LogP contribution in [0.3, 0.4) is 0 Å². The van der Waals surface area contributed by atoms with Crippen LogP contribution in [-0.2, 0) is 10.0 Å². The number of hydrogen-bond donors (Lipinski definition) is 2. The van der Waals surface area contributed by atoms with Crippen molar-refractivity contribution in [2.45, 2.75) is 4.90 Å². The number of carbonyl (C=O) groups is 1. The van der Waals surface area contributed by atoms with Gasteiger partial charge in [0, 0.05) is 0 Å². The van der Waals surface area contributed by atoms with Crippen LogP contribution in [0.1, 0.15) is 10.4 Å². The molecule has 0 aliphatic rings. The number of sulfonamides is 1. The largest absolute Gasteiger partial charge is 0.497 e. The van der Waals surface area contributed by atoms with E-state index in [1.807, 2.05) is 6.07 Å². The summed E-state index contributed by atoms with van der Waals surface area (Å²) in [6.07, 6.45) is 0. The van der Waals surface area contributed by atoms with Crippen molar-refractivity contribution in [2.75, 3.05) is 17.1 Å². The Morgan fingerprint density at radius 3 is 2.55 bits per heavy atom. The zero-order chi connectivity index (χ0) is 22.0. The van der Waals surface area contributed by atoms with Gasteiger partial charge >= 0.3 is 0 Å². The molecule has 4 rings (SSSR count). The maximum atomic E-state index is 13.1. The molecule has 0 saturated carbocycles. The Balaban J connectivity index is 1.59. The molecule has 7 nitrogen and oxygen atoms in total. The summed E-state index contributed by atoms with van der Waals surface area (Å²) in [5.41, 5.74) is 0.906. The predicted octanol–water partition coefficient (Wildman–Crippen LogP) is 4.50. The number of amides is 1. The van der Waals surface area contributed by atoms with E-state index in [4.69, 9.17) is 4.74 Å². The summed E-state index contributed by atoms with van der Waals surface area (Å²) in [5.74, 6) is -0.398. The number of para-hydroxylation sites is 1. The van der Waals surface area contributed by atoms with Crippen molar-refractivity contribution < 1.29 is 22.3 Å². The minimum Gasteiger partial charge on any atom is -0.497 e. The number of anilines is 2. The van der Waals surface area contributed by atoms with Crippen LogP contribution in [0.2, 0.25) is 0 Å². The highest BCUT2D eigenvalue weighted by Gasteiger charge is 2.19. The molecule has 0 unspecified atom stereocenters. The number of carbonyl (C=O) groups excluding carboxylic acids is 1. The molecule has 0 aliphatic carbocycles. The fraction of sp³-hybridized carbons (Fsp3) is 0.0476. The topological polar surface area (TPSA) is 97.4 Å². The Kier molecular flexibility index (Phi) is 5.57. The number of halogens is 1. The van der Waals surface area contributed by atoms with Crippen molar-refractivity contribution in [1.82, 2.24) is 4.98 Å². The Morgan fingerprint density at radius 2 is 1.81 bits per heavy atom. The van der Waals surface area contributed by atoms with Crippen LogP contribution in [0.25, 0.3) is 10.2 Å². The van der Waals surface area contributed by atoms with Crippen LogP contribution in [0.15, 0.2) is 71.6 Å². The smallest absolute Gasteiger partial charge is 0.261 e. The number of aromatic nitrogens is 1. The van der Waals surface area contributed by atoms with Gasteiger partial charge in [-0.15, -0.1) is 0 Å². The standard InChI is InChI=1S/C21H16FN3O4S2/c1-29-14-8-11-18-19(12-14)30-21(23-18)24-20(26)16-4-2-3-5-17(16)25-31(27,28)15-9-6-13(22)7-10-15/h2-12,25H,1H3,(H,23,24,26). The monoisotopic (exact) mass is 457 g/mol. The van der Waals surface area contributed by atoms with E-state index in [0.29, 0.717) is 16.4 Å². The first-order valence-corrected chi connectivity index (χ1v) is 11.3. The molecule has 0 bridgehead atoms. The number of nitrogens with one attached hydrogen (secondary N) is 2. The van der Waals surface area contributed by atoms with Crippen LogP contribution < -0.4 is 14.8 Å². The minimum absolute atomic E-state index is 0.0899. The van der Waals surface area contributed by atoms with Gasteiger partial charge in [0.25, 0.3) is 15.9 Å². The van der Waals surface area contributed by atoms with Gasteiger partial charge < -0.3 is 4.74 Å². The van der Waals surface area contributed by atoms with Gasteiger partial charge in [-0.05, 0) is 54.6 Å². The highest BCUT2D eigenvalue weighted by molar-refractivity contribution is 7.92. The number of thiazole rings is 1. The Hall–Kier alpha value is -3.50. The van der Waals surface area contributed by atoms with E-state index in [2.05, 4.69) is 15.0 Å². The van der Waals surface area contributed by atoms with Gasteiger partial charge in [-0.2, -0.15) is 0 Å². The molecule has 4 aromatic rings. The number of fused-ring (bicyclic) bond motifs is 1. The van der Waals surface area contributed by atoms with Crippen molar-refractivity contribution in [3.05, 3.63) is 78.1 Å². The SMILES string of the molecule is COc1ccc2nc(NC(=O)c3ccccc3NS(=O)(=O)c3ccc(F)cc3)sc2c1. The Labute approximate surface area is 181 Å². The lowest BCUT2D eigenvalue weighted by Gasteiger charge is -2.12. The molecule has 31 heavy (non-hydrogen) atoms.